The Hall–Kier alpha value is -1.85. The summed E-state index contributed by atoms with van der Waals surface area (Å²) in [7, 11) is 1.86. The number of carbonyl (C=O) groups is 1. The van der Waals surface area contributed by atoms with Crippen molar-refractivity contribution in [2.24, 2.45) is 7.05 Å². The standard InChI is InChI=1S/C13H15ClN4O/c1-18-9-10(7-16-18)6-15-8-13(19)17-12-4-2-11(14)3-5-12/h2-5,7,9,15H,6,8H2,1H3,(H,17,19). The van der Waals surface area contributed by atoms with Crippen molar-refractivity contribution in [1.29, 1.82) is 0 Å². The molecule has 2 N–H and O–H groups in total. The van der Waals surface area contributed by atoms with E-state index in [1.165, 1.54) is 0 Å². The third kappa shape index (κ3) is 4.39. The van der Waals surface area contributed by atoms with Crippen LogP contribution in [0.25, 0.3) is 0 Å². The lowest BCUT2D eigenvalue weighted by Crippen LogP contribution is -2.27. The van der Waals surface area contributed by atoms with Crippen LogP contribution in [0.4, 0.5) is 5.69 Å². The molecule has 0 aliphatic carbocycles. The van der Waals surface area contributed by atoms with Crippen molar-refractivity contribution in [3.8, 4) is 0 Å². The number of hydrogen-bond acceptors (Lipinski definition) is 3. The van der Waals surface area contributed by atoms with Crippen molar-refractivity contribution in [3.63, 3.8) is 0 Å². The monoisotopic (exact) mass is 278 g/mol. The van der Waals surface area contributed by atoms with Crippen molar-refractivity contribution in [1.82, 2.24) is 15.1 Å². The molecule has 0 saturated heterocycles. The summed E-state index contributed by atoms with van der Waals surface area (Å²) in [4.78, 5) is 11.7. The predicted molar refractivity (Wildman–Crippen MR) is 75.0 cm³/mol. The van der Waals surface area contributed by atoms with Gasteiger partial charge in [-0.2, -0.15) is 5.10 Å². The molecule has 2 aromatic rings. The van der Waals surface area contributed by atoms with E-state index in [4.69, 9.17) is 11.6 Å². The normalized spacial score (nSPS) is 10.4. The molecular weight excluding hydrogens is 264 g/mol. The summed E-state index contributed by atoms with van der Waals surface area (Å²) in [6, 6.07) is 7.00. The molecule has 0 fully saturated rings. The van der Waals surface area contributed by atoms with Crippen molar-refractivity contribution < 1.29 is 4.79 Å². The van der Waals surface area contributed by atoms with Crippen LogP contribution in [0.5, 0.6) is 0 Å². The summed E-state index contributed by atoms with van der Waals surface area (Å²) in [6.07, 6.45) is 3.67. The fourth-order valence-corrected chi connectivity index (χ4v) is 1.75. The second kappa shape index (κ2) is 6.36. The van der Waals surface area contributed by atoms with Gasteiger partial charge >= 0.3 is 0 Å². The van der Waals surface area contributed by atoms with Crippen LogP contribution in [0.3, 0.4) is 0 Å². The van der Waals surface area contributed by atoms with Gasteiger partial charge in [0.05, 0.1) is 12.7 Å². The molecule has 100 valence electrons. The molecule has 0 unspecified atom stereocenters. The number of aromatic nitrogens is 2. The van der Waals surface area contributed by atoms with E-state index in [0.29, 0.717) is 11.6 Å². The zero-order chi connectivity index (χ0) is 13.7. The summed E-state index contributed by atoms with van der Waals surface area (Å²) >= 11 is 5.77. The number of hydrogen-bond donors (Lipinski definition) is 2. The predicted octanol–water partition coefficient (Wildman–Crippen LogP) is 1.80. The summed E-state index contributed by atoms with van der Waals surface area (Å²) in [5.41, 5.74) is 1.78. The van der Waals surface area contributed by atoms with Crippen LogP contribution in [0.15, 0.2) is 36.7 Å². The summed E-state index contributed by atoms with van der Waals surface area (Å²) in [6.45, 7) is 0.861. The minimum Gasteiger partial charge on any atom is -0.325 e. The number of benzene rings is 1. The topological polar surface area (TPSA) is 59.0 Å². The number of rotatable bonds is 5. The first-order valence-electron chi connectivity index (χ1n) is 5.87. The average molecular weight is 279 g/mol. The SMILES string of the molecule is Cn1cc(CNCC(=O)Nc2ccc(Cl)cc2)cn1. The first kappa shape index (κ1) is 13.6. The van der Waals surface area contributed by atoms with E-state index in [2.05, 4.69) is 15.7 Å². The van der Waals surface area contributed by atoms with E-state index in [0.717, 1.165) is 11.3 Å². The second-order valence-electron chi connectivity index (χ2n) is 4.18. The van der Waals surface area contributed by atoms with Crippen LogP contribution in [0.1, 0.15) is 5.56 Å². The van der Waals surface area contributed by atoms with E-state index >= 15 is 0 Å². The highest BCUT2D eigenvalue weighted by molar-refractivity contribution is 6.30. The lowest BCUT2D eigenvalue weighted by Gasteiger charge is -2.06. The highest BCUT2D eigenvalue weighted by Crippen LogP contribution is 2.12. The number of nitrogens with one attached hydrogen (secondary N) is 2. The van der Waals surface area contributed by atoms with Crippen molar-refractivity contribution in [2.75, 3.05) is 11.9 Å². The molecule has 0 spiro atoms. The molecule has 1 amide bonds. The molecule has 0 atom stereocenters. The Labute approximate surface area is 116 Å². The Balaban J connectivity index is 1.74. The van der Waals surface area contributed by atoms with Gasteiger partial charge in [0, 0.05) is 36.1 Å². The van der Waals surface area contributed by atoms with E-state index < -0.39 is 0 Å². The third-order valence-electron chi connectivity index (χ3n) is 2.50. The van der Waals surface area contributed by atoms with Gasteiger partial charge < -0.3 is 10.6 Å². The molecule has 2 rings (SSSR count). The van der Waals surface area contributed by atoms with Crippen LogP contribution >= 0.6 is 11.6 Å². The molecule has 0 saturated carbocycles. The Kier molecular flexibility index (Phi) is 4.54. The van der Waals surface area contributed by atoms with Crippen LogP contribution in [-0.4, -0.2) is 22.2 Å². The lowest BCUT2D eigenvalue weighted by molar-refractivity contribution is -0.115. The van der Waals surface area contributed by atoms with Gasteiger partial charge in [0.2, 0.25) is 5.91 Å². The minimum absolute atomic E-state index is 0.0915. The van der Waals surface area contributed by atoms with E-state index in [9.17, 15) is 4.79 Å². The number of anilines is 1. The second-order valence-corrected chi connectivity index (χ2v) is 4.62. The van der Waals surface area contributed by atoms with Crippen LogP contribution < -0.4 is 10.6 Å². The van der Waals surface area contributed by atoms with Gasteiger partial charge in [-0.1, -0.05) is 11.6 Å². The number of amides is 1. The number of carbonyl (C=O) groups excluding carboxylic acids is 1. The zero-order valence-electron chi connectivity index (χ0n) is 10.6. The zero-order valence-corrected chi connectivity index (χ0v) is 11.3. The minimum atomic E-state index is -0.0915. The van der Waals surface area contributed by atoms with Crippen LogP contribution in [0.2, 0.25) is 5.02 Å². The lowest BCUT2D eigenvalue weighted by atomic mass is 10.3. The van der Waals surface area contributed by atoms with E-state index in [1.54, 1.807) is 35.1 Å². The van der Waals surface area contributed by atoms with E-state index in [-0.39, 0.29) is 12.5 Å². The molecule has 19 heavy (non-hydrogen) atoms. The first-order chi connectivity index (χ1) is 9.13. The van der Waals surface area contributed by atoms with Gasteiger partial charge in [0.1, 0.15) is 0 Å². The van der Waals surface area contributed by atoms with Gasteiger partial charge in [0.15, 0.2) is 0 Å². The van der Waals surface area contributed by atoms with Gasteiger partial charge in [-0.3, -0.25) is 9.48 Å². The summed E-state index contributed by atoms with van der Waals surface area (Å²) in [5, 5.41) is 10.5. The Morgan fingerprint density at radius 3 is 2.74 bits per heavy atom. The third-order valence-corrected chi connectivity index (χ3v) is 2.75. The fourth-order valence-electron chi connectivity index (χ4n) is 1.62. The van der Waals surface area contributed by atoms with Crippen LogP contribution in [0, 0.1) is 0 Å². The number of aryl methyl sites for hydroxylation is 1. The van der Waals surface area contributed by atoms with Gasteiger partial charge in [-0.25, -0.2) is 0 Å². The molecule has 6 heteroatoms. The molecular formula is C13H15ClN4O. The largest absolute Gasteiger partial charge is 0.325 e. The molecule has 1 heterocycles. The van der Waals surface area contributed by atoms with Crippen molar-refractivity contribution >= 4 is 23.2 Å². The number of halogens is 1. The molecule has 1 aromatic heterocycles. The summed E-state index contributed by atoms with van der Waals surface area (Å²) < 4.78 is 1.73. The fraction of sp³-hybridized carbons (Fsp3) is 0.231. The van der Waals surface area contributed by atoms with Crippen molar-refractivity contribution in [3.05, 3.63) is 47.2 Å². The van der Waals surface area contributed by atoms with Gasteiger partial charge in [-0.15, -0.1) is 0 Å². The first-order valence-corrected chi connectivity index (χ1v) is 6.25. The average Bonchev–Trinajstić information content (AvgIpc) is 2.78. The Bertz CT molecular complexity index is 550. The Morgan fingerprint density at radius 1 is 1.37 bits per heavy atom. The molecule has 0 aliphatic rings. The van der Waals surface area contributed by atoms with E-state index in [1.807, 2.05) is 13.2 Å². The van der Waals surface area contributed by atoms with Gasteiger partial charge in [-0.05, 0) is 24.3 Å². The quantitative estimate of drug-likeness (QED) is 0.877. The molecule has 0 bridgehead atoms. The highest BCUT2D eigenvalue weighted by atomic mass is 35.5. The van der Waals surface area contributed by atoms with Crippen molar-refractivity contribution in [2.45, 2.75) is 6.54 Å². The molecule has 0 radical (unpaired) electrons. The smallest absolute Gasteiger partial charge is 0.238 e. The maximum absolute atomic E-state index is 11.7. The van der Waals surface area contributed by atoms with Crippen LogP contribution in [-0.2, 0) is 18.4 Å². The molecule has 1 aromatic carbocycles. The maximum atomic E-state index is 11.7. The van der Waals surface area contributed by atoms with Gasteiger partial charge in [0.25, 0.3) is 0 Å². The highest BCUT2D eigenvalue weighted by Gasteiger charge is 2.02. The molecule has 5 nitrogen and oxygen atoms in total. The molecule has 0 aliphatic heterocycles. The Morgan fingerprint density at radius 2 is 2.11 bits per heavy atom. The number of nitrogens with zero attached hydrogens (tertiary/aromatic N) is 2. The summed E-state index contributed by atoms with van der Waals surface area (Å²) in [5.74, 6) is -0.0915. The maximum Gasteiger partial charge on any atom is 0.238 e.